The van der Waals surface area contributed by atoms with Gasteiger partial charge in [0.05, 0.1) is 16.3 Å². The molecule has 2 aromatic heterocycles. The van der Waals surface area contributed by atoms with Gasteiger partial charge in [-0.2, -0.15) is 0 Å². The van der Waals surface area contributed by atoms with Crippen LogP contribution in [0.15, 0.2) is 53.9 Å². The fraction of sp³-hybridized carbons (Fsp3) is 0.190. The molecule has 1 saturated heterocycles. The van der Waals surface area contributed by atoms with Crippen LogP contribution in [0.1, 0.15) is 34.4 Å². The predicted molar refractivity (Wildman–Crippen MR) is 110 cm³/mol. The molecule has 1 aliphatic rings. The van der Waals surface area contributed by atoms with Gasteiger partial charge in [0.1, 0.15) is 21.5 Å². The van der Waals surface area contributed by atoms with Crippen molar-refractivity contribution >= 4 is 38.8 Å². The number of halogens is 1. The molecular formula is C21H16FN3OS2. The quantitative estimate of drug-likeness (QED) is 0.447. The number of fused-ring (bicyclic) bond motifs is 1. The van der Waals surface area contributed by atoms with Gasteiger partial charge in [0.25, 0.3) is 5.91 Å². The summed E-state index contributed by atoms with van der Waals surface area (Å²) < 4.78 is 14.3. The van der Waals surface area contributed by atoms with E-state index in [4.69, 9.17) is 4.98 Å². The van der Waals surface area contributed by atoms with Crippen molar-refractivity contribution in [3.8, 4) is 10.6 Å². The van der Waals surface area contributed by atoms with Gasteiger partial charge in [-0.25, -0.2) is 14.4 Å². The molecule has 0 aliphatic carbocycles. The van der Waals surface area contributed by atoms with Gasteiger partial charge in [-0.1, -0.05) is 12.1 Å². The first-order chi connectivity index (χ1) is 13.7. The van der Waals surface area contributed by atoms with E-state index in [1.807, 2.05) is 23.1 Å². The number of carbonyl (C=O) groups excluding carboxylic acids is 1. The fourth-order valence-electron chi connectivity index (χ4n) is 3.54. The molecule has 1 amide bonds. The van der Waals surface area contributed by atoms with Crippen LogP contribution in [0.25, 0.3) is 20.8 Å². The predicted octanol–water partition coefficient (Wildman–Crippen LogP) is 5.54. The van der Waals surface area contributed by atoms with Crippen molar-refractivity contribution in [2.45, 2.75) is 18.9 Å². The van der Waals surface area contributed by atoms with Gasteiger partial charge in [0, 0.05) is 17.5 Å². The number of para-hydroxylation sites is 1. The minimum absolute atomic E-state index is 0.000807. The lowest BCUT2D eigenvalue weighted by atomic mass is 10.2. The molecule has 1 atom stereocenters. The second kappa shape index (κ2) is 7.07. The Kier molecular flexibility index (Phi) is 4.41. The lowest BCUT2D eigenvalue weighted by molar-refractivity contribution is 0.0730. The molecule has 4 nitrogen and oxygen atoms in total. The third-order valence-corrected chi connectivity index (χ3v) is 6.95. The Morgan fingerprint density at radius 2 is 1.93 bits per heavy atom. The first kappa shape index (κ1) is 17.5. The highest BCUT2D eigenvalue weighted by Gasteiger charge is 2.33. The Balaban J connectivity index is 1.42. The van der Waals surface area contributed by atoms with Crippen molar-refractivity contribution in [1.29, 1.82) is 0 Å². The molecule has 1 aliphatic heterocycles. The van der Waals surface area contributed by atoms with Gasteiger partial charge in [0.2, 0.25) is 0 Å². The van der Waals surface area contributed by atoms with E-state index in [1.54, 1.807) is 28.8 Å². The number of rotatable bonds is 3. The Hall–Kier alpha value is -2.64. The molecule has 7 heteroatoms. The fourth-order valence-corrected chi connectivity index (χ4v) is 5.46. The number of thiazole rings is 2. The molecule has 0 unspecified atom stereocenters. The van der Waals surface area contributed by atoms with Crippen LogP contribution < -0.4 is 0 Å². The van der Waals surface area contributed by atoms with E-state index >= 15 is 0 Å². The molecule has 4 aromatic rings. The summed E-state index contributed by atoms with van der Waals surface area (Å²) in [5.74, 6) is -0.348. The normalized spacial score (nSPS) is 16.8. The Labute approximate surface area is 169 Å². The standard InChI is InChI=1S/C21H16FN3OS2/c22-14-9-7-13(8-10-14)19-24-16(12-27-19)21(26)25-11-3-5-17(25)20-23-15-4-1-2-6-18(15)28-20/h1-2,4,6-10,12,17H,3,5,11H2/t17-/m1/s1. The maximum atomic E-state index is 13.1. The zero-order valence-electron chi connectivity index (χ0n) is 14.8. The van der Waals surface area contributed by atoms with Gasteiger partial charge < -0.3 is 4.90 Å². The summed E-state index contributed by atoms with van der Waals surface area (Å²) in [6, 6.07) is 14.2. The number of likely N-dealkylation sites (tertiary alicyclic amines) is 1. The molecule has 3 heterocycles. The second-order valence-electron chi connectivity index (χ2n) is 6.72. The van der Waals surface area contributed by atoms with Crippen molar-refractivity contribution in [3.63, 3.8) is 0 Å². The van der Waals surface area contributed by atoms with Crippen LogP contribution in [0.3, 0.4) is 0 Å². The number of nitrogens with zero attached hydrogens (tertiary/aromatic N) is 3. The molecule has 2 aromatic carbocycles. The van der Waals surface area contributed by atoms with Gasteiger partial charge in [-0.15, -0.1) is 22.7 Å². The number of aromatic nitrogens is 2. The maximum Gasteiger partial charge on any atom is 0.273 e. The molecule has 5 rings (SSSR count). The van der Waals surface area contributed by atoms with Crippen LogP contribution in [0, 0.1) is 5.82 Å². The summed E-state index contributed by atoms with van der Waals surface area (Å²) in [4.78, 5) is 24.3. The summed E-state index contributed by atoms with van der Waals surface area (Å²) in [6.07, 6.45) is 1.88. The zero-order valence-corrected chi connectivity index (χ0v) is 16.5. The van der Waals surface area contributed by atoms with E-state index < -0.39 is 0 Å². The summed E-state index contributed by atoms with van der Waals surface area (Å²) in [5, 5.41) is 3.49. The van der Waals surface area contributed by atoms with Gasteiger partial charge in [-0.3, -0.25) is 4.79 Å². The second-order valence-corrected chi connectivity index (χ2v) is 8.64. The van der Waals surface area contributed by atoms with Crippen LogP contribution in [0.2, 0.25) is 0 Å². The lowest BCUT2D eigenvalue weighted by Gasteiger charge is -2.22. The van der Waals surface area contributed by atoms with Crippen molar-refractivity contribution in [1.82, 2.24) is 14.9 Å². The first-order valence-corrected chi connectivity index (χ1v) is 10.8. The summed E-state index contributed by atoms with van der Waals surface area (Å²) in [7, 11) is 0. The van der Waals surface area contributed by atoms with Crippen LogP contribution in [0.5, 0.6) is 0 Å². The highest BCUT2D eigenvalue weighted by Crippen LogP contribution is 2.37. The van der Waals surface area contributed by atoms with Gasteiger partial charge in [-0.05, 0) is 49.2 Å². The first-order valence-electron chi connectivity index (χ1n) is 9.07. The lowest BCUT2D eigenvalue weighted by Crippen LogP contribution is -2.30. The van der Waals surface area contributed by atoms with Crippen LogP contribution in [0.4, 0.5) is 4.39 Å². The average Bonchev–Trinajstić information content (AvgIpc) is 3.46. The Morgan fingerprint density at radius 3 is 2.75 bits per heavy atom. The highest BCUT2D eigenvalue weighted by molar-refractivity contribution is 7.18. The van der Waals surface area contributed by atoms with Gasteiger partial charge >= 0.3 is 0 Å². The number of hydrogen-bond acceptors (Lipinski definition) is 5. The van der Waals surface area contributed by atoms with Crippen molar-refractivity contribution < 1.29 is 9.18 Å². The zero-order chi connectivity index (χ0) is 19.1. The molecule has 28 heavy (non-hydrogen) atoms. The number of amides is 1. The topological polar surface area (TPSA) is 46.1 Å². The number of benzene rings is 2. The molecular weight excluding hydrogens is 393 g/mol. The maximum absolute atomic E-state index is 13.1. The summed E-state index contributed by atoms with van der Waals surface area (Å²) in [5.41, 5.74) is 2.24. The molecule has 1 fully saturated rings. The number of hydrogen-bond donors (Lipinski definition) is 0. The van der Waals surface area contributed by atoms with Crippen LogP contribution in [-0.2, 0) is 0 Å². The summed E-state index contributed by atoms with van der Waals surface area (Å²) >= 11 is 3.06. The van der Waals surface area contributed by atoms with Crippen molar-refractivity contribution in [3.05, 3.63) is 70.4 Å². The third-order valence-electron chi connectivity index (χ3n) is 4.92. The molecule has 0 saturated carbocycles. The highest BCUT2D eigenvalue weighted by atomic mass is 32.1. The minimum atomic E-state index is -0.285. The van der Waals surface area contributed by atoms with E-state index in [9.17, 15) is 9.18 Å². The van der Waals surface area contributed by atoms with E-state index in [0.717, 1.165) is 38.6 Å². The van der Waals surface area contributed by atoms with E-state index in [1.165, 1.54) is 23.5 Å². The third kappa shape index (κ3) is 3.10. The largest absolute Gasteiger partial charge is 0.328 e. The molecule has 0 bridgehead atoms. The van der Waals surface area contributed by atoms with Gasteiger partial charge in [0.15, 0.2) is 0 Å². The Bertz CT molecular complexity index is 1120. The van der Waals surface area contributed by atoms with Crippen LogP contribution in [-0.4, -0.2) is 27.3 Å². The van der Waals surface area contributed by atoms with Crippen molar-refractivity contribution in [2.75, 3.05) is 6.54 Å². The molecule has 140 valence electrons. The molecule has 0 N–H and O–H groups in total. The van der Waals surface area contributed by atoms with Crippen molar-refractivity contribution in [2.24, 2.45) is 0 Å². The molecule has 0 spiro atoms. The smallest absolute Gasteiger partial charge is 0.273 e. The monoisotopic (exact) mass is 409 g/mol. The molecule has 0 radical (unpaired) electrons. The van der Waals surface area contributed by atoms with E-state index in [-0.39, 0.29) is 17.8 Å². The average molecular weight is 410 g/mol. The van der Waals surface area contributed by atoms with E-state index in [0.29, 0.717) is 12.2 Å². The SMILES string of the molecule is O=C(c1csc(-c2ccc(F)cc2)n1)N1CCC[C@@H]1c1nc2ccccc2s1. The Morgan fingerprint density at radius 1 is 1.11 bits per heavy atom. The van der Waals surface area contributed by atoms with Crippen LogP contribution >= 0.6 is 22.7 Å². The summed E-state index contributed by atoms with van der Waals surface area (Å²) in [6.45, 7) is 0.711. The van der Waals surface area contributed by atoms with E-state index in [2.05, 4.69) is 11.1 Å². The minimum Gasteiger partial charge on any atom is -0.328 e. The number of carbonyl (C=O) groups is 1.